The lowest BCUT2D eigenvalue weighted by molar-refractivity contribution is 0.474. The summed E-state index contributed by atoms with van der Waals surface area (Å²) in [7, 11) is 0. The highest BCUT2D eigenvalue weighted by Gasteiger charge is 1.83. The molecule has 0 aliphatic rings. The number of benzene rings is 2. The van der Waals surface area contributed by atoms with Crippen molar-refractivity contribution < 1.29 is 10.2 Å². The first-order valence-electron chi connectivity index (χ1n) is 4.37. The van der Waals surface area contributed by atoms with Gasteiger partial charge in [-0.2, -0.15) is 0 Å². The van der Waals surface area contributed by atoms with Gasteiger partial charge in [0.05, 0.1) is 0 Å². The molecule has 2 rings (SSSR count). The smallest absolute Gasteiger partial charge is 0.115 e. The summed E-state index contributed by atoms with van der Waals surface area (Å²) < 4.78 is 0.982. The van der Waals surface area contributed by atoms with Crippen LogP contribution in [0.5, 0.6) is 11.5 Å². The van der Waals surface area contributed by atoms with Gasteiger partial charge in [0.15, 0.2) is 0 Å². The molecule has 0 amide bonds. The number of phenols is 2. The molecular weight excluding hydrogens is 256 g/mol. The Hall–Kier alpha value is -1.48. The molecule has 0 unspecified atom stereocenters. The fraction of sp³-hybridized carbons (Fsp3) is 0. The van der Waals surface area contributed by atoms with E-state index < -0.39 is 0 Å². The van der Waals surface area contributed by atoms with Gasteiger partial charge in [-0.05, 0) is 36.4 Å². The van der Waals surface area contributed by atoms with Crippen molar-refractivity contribution in [1.29, 1.82) is 0 Å². The Morgan fingerprint density at radius 1 is 0.667 bits per heavy atom. The van der Waals surface area contributed by atoms with Gasteiger partial charge in [0.1, 0.15) is 11.5 Å². The molecular formula is C12H11BrO2. The van der Waals surface area contributed by atoms with E-state index >= 15 is 0 Å². The maximum absolute atomic E-state index is 8.74. The predicted molar refractivity (Wildman–Crippen MR) is 63.9 cm³/mol. The van der Waals surface area contributed by atoms with Gasteiger partial charge in [-0.1, -0.05) is 34.1 Å². The summed E-state index contributed by atoms with van der Waals surface area (Å²) in [4.78, 5) is 0. The molecule has 2 aromatic rings. The average Bonchev–Trinajstić information content (AvgIpc) is 2.25. The van der Waals surface area contributed by atoms with Crippen molar-refractivity contribution in [2.75, 3.05) is 0 Å². The Morgan fingerprint density at radius 3 is 1.47 bits per heavy atom. The molecule has 0 aliphatic carbocycles. The number of halogens is 1. The van der Waals surface area contributed by atoms with E-state index in [1.165, 1.54) is 0 Å². The lowest BCUT2D eigenvalue weighted by Gasteiger charge is -1.87. The van der Waals surface area contributed by atoms with Gasteiger partial charge in [0, 0.05) is 4.47 Å². The molecule has 3 heteroatoms. The third-order valence-electron chi connectivity index (χ3n) is 1.58. The van der Waals surface area contributed by atoms with Gasteiger partial charge in [0.25, 0.3) is 0 Å². The summed E-state index contributed by atoms with van der Waals surface area (Å²) in [6.45, 7) is 0. The van der Waals surface area contributed by atoms with Gasteiger partial charge in [0.2, 0.25) is 0 Å². The first kappa shape index (κ1) is 11.6. The van der Waals surface area contributed by atoms with Crippen LogP contribution < -0.4 is 0 Å². The highest BCUT2D eigenvalue weighted by Crippen LogP contribution is 2.13. The Bertz CT molecular complexity index is 363. The van der Waals surface area contributed by atoms with E-state index in [1.54, 1.807) is 48.5 Å². The van der Waals surface area contributed by atoms with Crippen LogP contribution in [-0.2, 0) is 0 Å². The molecule has 78 valence electrons. The van der Waals surface area contributed by atoms with E-state index in [0.717, 1.165) is 4.47 Å². The summed E-state index contributed by atoms with van der Waals surface area (Å²) in [6, 6.07) is 15.5. The minimum absolute atomic E-state index is 0.299. The van der Waals surface area contributed by atoms with E-state index in [0.29, 0.717) is 11.5 Å². The molecule has 0 aliphatic heterocycles. The number of aromatic hydroxyl groups is 2. The molecule has 0 saturated heterocycles. The lowest BCUT2D eigenvalue weighted by Crippen LogP contribution is -1.61. The SMILES string of the molecule is Oc1ccc(Br)cc1.Oc1ccccc1. The van der Waals surface area contributed by atoms with E-state index in [1.807, 2.05) is 6.07 Å². The Balaban J connectivity index is 0.000000151. The second kappa shape index (κ2) is 6.09. The van der Waals surface area contributed by atoms with Gasteiger partial charge in [-0.15, -0.1) is 0 Å². The van der Waals surface area contributed by atoms with Crippen LogP contribution in [0.25, 0.3) is 0 Å². The van der Waals surface area contributed by atoms with Gasteiger partial charge < -0.3 is 10.2 Å². The lowest BCUT2D eigenvalue weighted by atomic mass is 10.3. The van der Waals surface area contributed by atoms with Crippen LogP contribution in [0.3, 0.4) is 0 Å². The van der Waals surface area contributed by atoms with Crippen LogP contribution in [-0.4, -0.2) is 10.2 Å². The van der Waals surface area contributed by atoms with Crippen LogP contribution in [0.4, 0.5) is 0 Å². The first-order valence-corrected chi connectivity index (χ1v) is 5.16. The zero-order valence-electron chi connectivity index (χ0n) is 7.97. The maximum atomic E-state index is 8.74. The second-order valence-corrected chi connectivity index (χ2v) is 3.73. The molecule has 0 heterocycles. The van der Waals surface area contributed by atoms with E-state index in [9.17, 15) is 0 Å². The third-order valence-corrected chi connectivity index (χ3v) is 2.11. The summed E-state index contributed by atoms with van der Waals surface area (Å²) >= 11 is 3.23. The highest BCUT2D eigenvalue weighted by molar-refractivity contribution is 9.10. The number of hydrogen-bond donors (Lipinski definition) is 2. The fourth-order valence-corrected chi connectivity index (χ4v) is 1.13. The van der Waals surface area contributed by atoms with Crippen molar-refractivity contribution in [2.45, 2.75) is 0 Å². The van der Waals surface area contributed by atoms with Crippen LogP contribution >= 0.6 is 15.9 Å². The molecule has 0 bridgehead atoms. The van der Waals surface area contributed by atoms with Crippen molar-refractivity contribution in [2.24, 2.45) is 0 Å². The van der Waals surface area contributed by atoms with Crippen molar-refractivity contribution in [3.63, 3.8) is 0 Å². The minimum atomic E-state index is 0.299. The Labute approximate surface area is 97.0 Å². The molecule has 0 fully saturated rings. The molecule has 0 saturated carbocycles. The van der Waals surface area contributed by atoms with Gasteiger partial charge in [-0.3, -0.25) is 0 Å². The summed E-state index contributed by atoms with van der Waals surface area (Å²) in [5, 5.41) is 17.4. The normalized spacial score (nSPS) is 8.87. The van der Waals surface area contributed by atoms with Crippen molar-refractivity contribution in [3.8, 4) is 11.5 Å². The van der Waals surface area contributed by atoms with E-state index in [-0.39, 0.29) is 0 Å². The molecule has 2 nitrogen and oxygen atoms in total. The maximum Gasteiger partial charge on any atom is 0.115 e. The second-order valence-electron chi connectivity index (χ2n) is 2.81. The topological polar surface area (TPSA) is 40.5 Å². The Morgan fingerprint density at radius 2 is 1.13 bits per heavy atom. The van der Waals surface area contributed by atoms with Gasteiger partial charge in [-0.25, -0.2) is 0 Å². The number of para-hydroxylation sites is 1. The van der Waals surface area contributed by atoms with Crippen molar-refractivity contribution in [1.82, 2.24) is 0 Å². The monoisotopic (exact) mass is 266 g/mol. The Kier molecular flexibility index (Phi) is 4.71. The molecule has 0 spiro atoms. The van der Waals surface area contributed by atoms with Crippen LogP contribution in [0.2, 0.25) is 0 Å². The highest BCUT2D eigenvalue weighted by atomic mass is 79.9. The van der Waals surface area contributed by atoms with Crippen LogP contribution in [0.1, 0.15) is 0 Å². The van der Waals surface area contributed by atoms with Crippen LogP contribution in [0.15, 0.2) is 59.1 Å². The molecule has 0 atom stereocenters. The average molecular weight is 267 g/mol. The number of phenolic OH excluding ortho intramolecular Hbond substituents is 2. The summed E-state index contributed by atoms with van der Waals surface area (Å²) in [5.41, 5.74) is 0. The van der Waals surface area contributed by atoms with E-state index in [2.05, 4.69) is 15.9 Å². The zero-order valence-corrected chi connectivity index (χ0v) is 9.55. The zero-order chi connectivity index (χ0) is 11.1. The van der Waals surface area contributed by atoms with E-state index in [4.69, 9.17) is 10.2 Å². The van der Waals surface area contributed by atoms with Crippen molar-refractivity contribution >= 4 is 15.9 Å². The standard InChI is InChI=1S/C6H5BrO.C6H6O/c7-5-1-3-6(8)4-2-5;7-6-4-2-1-3-5-6/h1-4,8H;1-5,7H. The number of hydrogen-bond acceptors (Lipinski definition) is 2. The molecule has 2 N–H and O–H groups in total. The van der Waals surface area contributed by atoms with Gasteiger partial charge >= 0.3 is 0 Å². The first-order chi connectivity index (χ1) is 7.18. The minimum Gasteiger partial charge on any atom is -0.508 e. The number of rotatable bonds is 0. The van der Waals surface area contributed by atoms with Crippen molar-refractivity contribution in [3.05, 3.63) is 59.1 Å². The third kappa shape index (κ3) is 5.08. The summed E-state index contributed by atoms with van der Waals surface area (Å²) in [5.74, 6) is 0.621. The molecule has 15 heavy (non-hydrogen) atoms. The fourth-order valence-electron chi connectivity index (χ4n) is 0.869. The molecule has 0 radical (unpaired) electrons. The largest absolute Gasteiger partial charge is 0.508 e. The van der Waals surface area contributed by atoms with Crippen LogP contribution in [0, 0.1) is 0 Å². The summed E-state index contributed by atoms with van der Waals surface area (Å²) in [6.07, 6.45) is 0. The quantitative estimate of drug-likeness (QED) is 0.766. The molecule has 0 aromatic heterocycles. The predicted octanol–water partition coefficient (Wildman–Crippen LogP) is 3.55. The molecule has 2 aromatic carbocycles.